The number of hydrogen-bond acceptors (Lipinski definition) is 4. The average molecular weight is 207 g/mol. The number of ether oxygens (including phenoxy) is 2. The summed E-state index contributed by atoms with van der Waals surface area (Å²) < 4.78 is 11.9. The Morgan fingerprint density at radius 1 is 1.57 bits per heavy atom. The average Bonchev–Trinajstić information content (AvgIpc) is 2.91. The van der Waals surface area contributed by atoms with E-state index in [1.54, 1.807) is 11.3 Å². The monoisotopic (exact) mass is 207 g/mol. The molecule has 1 aromatic carbocycles. The second kappa shape index (κ2) is 3.22. The quantitative estimate of drug-likeness (QED) is 0.723. The van der Waals surface area contributed by atoms with E-state index in [9.17, 15) is 0 Å². The fourth-order valence-electron chi connectivity index (χ4n) is 1.32. The minimum absolute atomic E-state index is 0.295. The molecular formula is C10H9NO2S. The molecule has 0 spiro atoms. The van der Waals surface area contributed by atoms with Gasteiger partial charge in [0.15, 0.2) is 0 Å². The molecule has 1 saturated heterocycles. The van der Waals surface area contributed by atoms with Crippen molar-refractivity contribution >= 4 is 21.6 Å². The lowest BCUT2D eigenvalue weighted by molar-refractivity contribution is 0.265. The molecule has 1 aromatic heterocycles. The largest absolute Gasteiger partial charge is 0.488 e. The lowest BCUT2D eigenvalue weighted by Gasteiger charge is -2.03. The van der Waals surface area contributed by atoms with Crippen molar-refractivity contribution in [3.8, 4) is 5.75 Å². The number of hydrogen-bond donors (Lipinski definition) is 0. The van der Waals surface area contributed by atoms with E-state index < -0.39 is 0 Å². The third kappa shape index (κ3) is 1.47. The zero-order valence-electron chi connectivity index (χ0n) is 7.47. The number of nitrogens with zero attached hydrogens (tertiary/aromatic N) is 1. The van der Waals surface area contributed by atoms with Crippen LogP contribution < -0.4 is 4.74 Å². The third-order valence-electron chi connectivity index (χ3n) is 2.15. The first-order valence-electron chi connectivity index (χ1n) is 4.50. The van der Waals surface area contributed by atoms with Crippen LogP contribution in [0.3, 0.4) is 0 Å². The number of thiazole rings is 1. The number of para-hydroxylation sites is 1. The van der Waals surface area contributed by atoms with Crippen molar-refractivity contribution in [3.63, 3.8) is 0 Å². The predicted octanol–water partition coefficient (Wildman–Crippen LogP) is 2.07. The maximum atomic E-state index is 5.62. The molecule has 3 nitrogen and oxygen atoms in total. The van der Waals surface area contributed by atoms with Crippen molar-refractivity contribution in [2.24, 2.45) is 0 Å². The molecule has 0 unspecified atom stereocenters. The predicted molar refractivity (Wildman–Crippen MR) is 54.9 cm³/mol. The Labute approximate surface area is 85.3 Å². The number of epoxide rings is 1. The van der Waals surface area contributed by atoms with Gasteiger partial charge in [-0.25, -0.2) is 4.98 Å². The van der Waals surface area contributed by atoms with E-state index in [0.717, 1.165) is 17.9 Å². The van der Waals surface area contributed by atoms with E-state index >= 15 is 0 Å². The zero-order valence-corrected chi connectivity index (χ0v) is 8.29. The molecule has 0 N–H and O–H groups in total. The highest BCUT2D eigenvalue weighted by molar-refractivity contribution is 7.16. The van der Waals surface area contributed by atoms with Gasteiger partial charge in [-0.1, -0.05) is 6.07 Å². The first kappa shape index (κ1) is 8.20. The van der Waals surface area contributed by atoms with Gasteiger partial charge in [-0.2, -0.15) is 0 Å². The number of benzene rings is 1. The van der Waals surface area contributed by atoms with E-state index in [4.69, 9.17) is 9.47 Å². The Balaban J connectivity index is 1.89. The fraction of sp³-hybridized carbons (Fsp3) is 0.300. The van der Waals surface area contributed by atoms with Gasteiger partial charge in [0, 0.05) is 0 Å². The standard InChI is InChI=1S/C10H9NO2S/c1-2-8(13-5-7-4-12-7)10-9(3-1)14-6-11-10/h1-3,6-7H,4-5H2/t7-/m1/s1. The molecule has 0 bridgehead atoms. The maximum absolute atomic E-state index is 5.62. The fourth-order valence-corrected chi connectivity index (χ4v) is 2.02. The molecule has 2 aromatic rings. The van der Waals surface area contributed by atoms with Crippen LogP contribution in [-0.2, 0) is 4.74 Å². The molecule has 72 valence electrons. The Morgan fingerprint density at radius 3 is 3.36 bits per heavy atom. The van der Waals surface area contributed by atoms with Crippen molar-refractivity contribution in [2.45, 2.75) is 6.10 Å². The SMILES string of the molecule is c1cc(OC[C@H]2CO2)c2ncsc2c1. The molecule has 0 saturated carbocycles. The van der Waals surface area contributed by atoms with E-state index in [0.29, 0.717) is 12.7 Å². The molecule has 0 amide bonds. The van der Waals surface area contributed by atoms with Crippen LogP contribution in [0.1, 0.15) is 0 Å². The van der Waals surface area contributed by atoms with Crippen LogP contribution in [0.5, 0.6) is 5.75 Å². The van der Waals surface area contributed by atoms with E-state index in [1.807, 2.05) is 23.7 Å². The van der Waals surface area contributed by atoms with E-state index in [-0.39, 0.29) is 0 Å². The third-order valence-corrected chi connectivity index (χ3v) is 2.94. The first-order valence-corrected chi connectivity index (χ1v) is 5.38. The highest BCUT2D eigenvalue weighted by Crippen LogP contribution is 2.27. The summed E-state index contributed by atoms with van der Waals surface area (Å²) in [5.74, 6) is 0.860. The van der Waals surface area contributed by atoms with Crippen LogP contribution in [0.25, 0.3) is 10.2 Å². The molecule has 3 rings (SSSR count). The Bertz CT molecular complexity index is 450. The van der Waals surface area contributed by atoms with Gasteiger partial charge in [0.2, 0.25) is 0 Å². The lowest BCUT2D eigenvalue weighted by atomic mass is 10.3. The summed E-state index contributed by atoms with van der Waals surface area (Å²) in [5.41, 5.74) is 2.80. The van der Waals surface area contributed by atoms with Crippen LogP contribution in [0.2, 0.25) is 0 Å². The Kier molecular flexibility index (Phi) is 1.89. The van der Waals surface area contributed by atoms with Crippen LogP contribution in [0, 0.1) is 0 Å². The molecule has 0 aliphatic carbocycles. The summed E-state index contributed by atoms with van der Waals surface area (Å²) in [6.07, 6.45) is 0.295. The van der Waals surface area contributed by atoms with Gasteiger partial charge in [0.25, 0.3) is 0 Å². The molecular weight excluding hydrogens is 198 g/mol. The van der Waals surface area contributed by atoms with E-state index in [2.05, 4.69) is 4.98 Å². The van der Waals surface area contributed by atoms with Crippen LogP contribution in [-0.4, -0.2) is 24.3 Å². The smallest absolute Gasteiger partial charge is 0.146 e. The van der Waals surface area contributed by atoms with Gasteiger partial charge < -0.3 is 9.47 Å². The van der Waals surface area contributed by atoms with Gasteiger partial charge in [-0.3, -0.25) is 0 Å². The topological polar surface area (TPSA) is 34.6 Å². The minimum Gasteiger partial charge on any atom is -0.488 e. The zero-order chi connectivity index (χ0) is 9.38. The minimum atomic E-state index is 0.295. The maximum Gasteiger partial charge on any atom is 0.146 e. The summed E-state index contributed by atoms with van der Waals surface area (Å²) in [5, 5.41) is 0. The van der Waals surface area contributed by atoms with Crippen LogP contribution in [0.15, 0.2) is 23.7 Å². The molecule has 14 heavy (non-hydrogen) atoms. The Morgan fingerprint density at radius 2 is 2.50 bits per heavy atom. The van der Waals surface area contributed by atoms with Gasteiger partial charge in [-0.05, 0) is 12.1 Å². The first-order chi connectivity index (χ1) is 6.93. The van der Waals surface area contributed by atoms with Gasteiger partial charge in [0.1, 0.15) is 24.0 Å². The van der Waals surface area contributed by atoms with Gasteiger partial charge >= 0.3 is 0 Å². The van der Waals surface area contributed by atoms with E-state index in [1.165, 1.54) is 4.70 Å². The molecule has 1 atom stereocenters. The summed E-state index contributed by atoms with van der Waals surface area (Å²) in [4.78, 5) is 4.27. The number of fused-ring (bicyclic) bond motifs is 1. The van der Waals surface area contributed by atoms with Gasteiger partial charge in [-0.15, -0.1) is 11.3 Å². The van der Waals surface area contributed by atoms with Crippen molar-refractivity contribution in [3.05, 3.63) is 23.7 Å². The van der Waals surface area contributed by atoms with Crippen molar-refractivity contribution in [1.29, 1.82) is 0 Å². The van der Waals surface area contributed by atoms with Gasteiger partial charge in [0.05, 0.1) is 16.8 Å². The molecule has 0 radical (unpaired) electrons. The van der Waals surface area contributed by atoms with Crippen molar-refractivity contribution in [1.82, 2.24) is 4.98 Å². The molecule has 1 aliphatic heterocycles. The van der Waals surface area contributed by atoms with Crippen LogP contribution in [0.4, 0.5) is 0 Å². The summed E-state index contributed by atoms with van der Waals surface area (Å²) in [6, 6.07) is 5.99. The summed E-state index contributed by atoms with van der Waals surface area (Å²) in [6.45, 7) is 1.46. The van der Waals surface area contributed by atoms with Crippen molar-refractivity contribution < 1.29 is 9.47 Å². The van der Waals surface area contributed by atoms with Crippen LogP contribution >= 0.6 is 11.3 Å². The molecule has 2 heterocycles. The normalized spacial score (nSPS) is 19.9. The molecule has 1 fully saturated rings. The second-order valence-electron chi connectivity index (χ2n) is 3.22. The summed E-state index contributed by atoms with van der Waals surface area (Å²) >= 11 is 1.63. The molecule has 4 heteroatoms. The second-order valence-corrected chi connectivity index (χ2v) is 4.11. The lowest BCUT2D eigenvalue weighted by Crippen LogP contribution is -2.04. The molecule has 1 aliphatic rings. The highest BCUT2D eigenvalue weighted by Gasteiger charge is 2.23. The van der Waals surface area contributed by atoms with Crippen molar-refractivity contribution in [2.75, 3.05) is 13.2 Å². The Hall–Kier alpha value is -1.13. The number of aromatic nitrogens is 1. The highest BCUT2D eigenvalue weighted by atomic mass is 32.1. The summed E-state index contributed by atoms with van der Waals surface area (Å²) in [7, 11) is 0. The number of rotatable bonds is 3.